The van der Waals surface area contributed by atoms with Crippen molar-refractivity contribution in [1.82, 2.24) is 0 Å². The van der Waals surface area contributed by atoms with Crippen LogP contribution in [0, 0.1) is 6.92 Å². The molecule has 0 aliphatic carbocycles. The highest BCUT2D eigenvalue weighted by molar-refractivity contribution is 5.99. The number of hydrogen-bond acceptors (Lipinski definition) is 3. The summed E-state index contributed by atoms with van der Waals surface area (Å²) in [5.41, 5.74) is 2.85. The van der Waals surface area contributed by atoms with E-state index in [1.54, 1.807) is 24.1 Å². The van der Waals surface area contributed by atoms with Gasteiger partial charge in [0, 0.05) is 19.5 Å². The van der Waals surface area contributed by atoms with Crippen molar-refractivity contribution in [2.75, 3.05) is 11.9 Å². The lowest BCUT2D eigenvalue weighted by Gasteiger charge is -2.32. The topological polar surface area (TPSA) is 49.8 Å². The van der Waals surface area contributed by atoms with Crippen LogP contribution in [0.1, 0.15) is 11.1 Å². The fraction of sp³-hybridized carbons (Fsp3) is 0.235. The minimum Gasteiger partial charge on any atom is -0.508 e. The van der Waals surface area contributed by atoms with Gasteiger partial charge in [0.05, 0.1) is 5.69 Å². The maximum atomic E-state index is 12.4. The molecule has 21 heavy (non-hydrogen) atoms. The number of ether oxygens (including phenoxy) is 1. The Balaban J connectivity index is 1.90. The molecule has 3 rings (SSSR count). The Morgan fingerprint density at radius 2 is 2.00 bits per heavy atom. The first-order valence-corrected chi connectivity index (χ1v) is 6.88. The van der Waals surface area contributed by atoms with Crippen LogP contribution >= 0.6 is 0 Å². The molecule has 1 unspecified atom stereocenters. The predicted octanol–water partition coefficient (Wildman–Crippen LogP) is 2.67. The number of carbonyl (C=O) groups excluding carboxylic acids is 1. The van der Waals surface area contributed by atoms with Gasteiger partial charge in [0.15, 0.2) is 6.10 Å². The lowest BCUT2D eigenvalue weighted by atomic mass is 10.0. The summed E-state index contributed by atoms with van der Waals surface area (Å²) in [6, 6.07) is 12.8. The molecule has 0 bridgehead atoms. The quantitative estimate of drug-likeness (QED) is 0.922. The lowest BCUT2D eigenvalue weighted by Crippen LogP contribution is -2.45. The summed E-state index contributed by atoms with van der Waals surface area (Å²) in [7, 11) is 1.70. The van der Waals surface area contributed by atoms with E-state index >= 15 is 0 Å². The zero-order chi connectivity index (χ0) is 15.0. The van der Waals surface area contributed by atoms with Gasteiger partial charge in [-0.15, -0.1) is 0 Å². The van der Waals surface area contributed by atoms with Crippen LogP contribution in [0.25, 0.3) is 0 Å². The number of nitrogens with zero attached hydrogens (tertiary/aromatic N) is 1. The highest BCUT2D eigenvalue weighted by Gasteiger charge is 2.32. The molecule has 2 aromatic rings. The molecule has 1 aliphatic heterocycles. The molecule has 0 saturated carbocycles. The van der Waals surface area contributed by atoms with E-state index in [0.29, 0.717) is 17.9 Å². The molecule has 2 aromatic carbocycles. The molecule has 1 aliphatic rings. The Morgan fingerprint density at radius 3 is 2.76 bits per heavy atom. The van der Waals surface area contributed by atoms with Crippen LogP contribution in [0.4, 0.5) is 5.69 Å². The Hall–Kier alpha value is -2.49. The molecule has 1 atom stereocenters. The van der Waals surface area contributed by atoms with Gasteiger partial charge in [0.2, 0.25) is 0 Å². The molecular weight excluding hydrogens is 266 g/mol. The molecule has 1 heterocycles. The zero-order valence-corrected chi connectivity index (χ0v) is 12.0. The molecule has 0 aromatic heterocycles. The average molecular weight is 283 g/mol. The van der Waals surface area contributed by atoms with Gasteiger partial charge in [-0.25, -0.2) is 0 Å². The van der Waals surface area contributed by atoms with E-state index < -0.39 is 6.10 Å². The largest absolute Gasteiger partial charge is 0.508 e. The number of amides is 1. The molecule has 0 spiro atoms. The molecule has 1 N–H and O–H groups in total. The number of likely N-dealkylation sites (N-methyl/N-ethyl adjacent to an activating group) is 1. The van der Waals surface area contributed by atoms with Crippen LogP contribution in [0.15, 0.2) is 42.5 Å². The monoisotopic (exact) mass is 283 g/mol. The number of anilines is 1. The van der Waals surface area contributed by atoms with Gasteiger partial charge >= 0.3 is 0 Å². The van der Waals surface area contributed by atoms with E-state index in [1.165, 1.54) is 6.07 Å². The van der Waals surface area contributed by atoms with E-state index in [0.717, 1.165) is 11.1 Å². The van der Waals surface area contributed by atoms with E-state index in [2.05, 4.69) is 0 Å². The zero-order valence-electron chi connectivity index (χ0n) is 12.0. The standard InChI is InChI=1S/C17H17NO3/c1-11-5-3-4-6-12(11)9-16-17(20)18(2)14-10-13(19)7-8-15(14)21-16/h3-8,10,16,19H,9H2,1-2H3. The van der Waals surface area contributed by atoms with Gasteiger partial charge in [-0.3, -0.25) is 4.79 Å². The first-order chi connectivity index (χ1) is 10.1. The van der Waals surface area contributed by atoms with Crippen molar-refractivity contribution in [2.24, 2.45) is 0 Å². The van der Waals surface area contributed by atoms with E-state index in [-0.39, 0.29) is 11.7 Å². The fourth-order valence-corrected chi connectivity index (χ4v) is 2.57. The fourth-order valence-electron chi connectivity index (χ4n) is 2.57. The van der Waals surface area contributed by atoms with E-state index in [1.807, 2.05) is 31.2 Å². The smallest absolute Gasteiger partial charge is 0.268 e. The van der Waals surface area contributed by atoms with Crippen LogP contribution in [0.2, 0.25) is 0 Å². The van der Waals surface area contributed by atoms with Gasteiger partial charge in [0.1, 0.15) is 11.5 Å². The van der Waals surface area contributed by atoms with Crippen LogP contribution in [-0.4, -0.2) is 24.2 Å². The molecule has 4 heteroatoms. The summed E-state index contributed by atoms with van der Waals surface area (Å²) in [4.78, 5) is 14.0. The Bertz CT molecular complexity index is 696. The minimum atomic E-state index is -0.534. The highest BCUT2D eigenvalue weighted by Crippen LogP contribution is 2.36. The summed E-state index contributed by atoms with van der Waals surface area (Å²) in [6.45, 7) is 2.03. The van der Waals surface area contributed by atoms with Crippen LogP contribution in [-0.2, 0) is 11.2 Å². The molecular formula is C17H17NO3. The van der Waals surface area contributed by atoms with Crippen molar-refractivity contribution >= 4 is 11.6 Å². The van der Waals surface area contributed by atoms with Crippen LogP contribution in [0.5, 0.6) is 11.5 Å². The summed E-state index contributed by atoms with van der Waals surface area (Å²) >= 11 is 0. The molecule has 1 amide bonds. The van der Waals surface area contributed by atoms with Gasteiger partial charge in [-0.05, 0) is 30.2 Å². The predicted molar refractivity (Wildman–Crippen MR) is 80.8 cm³/mol. The number of phenolic OH excluding ortho intramolecular Hbond substituents is 1. The number of rotatable bonds is 2. The second-order valence-corrected chi connectivity index (χ2v) is 5.29. The SMILES string of the molecule is Cc1ccccc1CC1Oc2ccc(O)cc2N(C)C1=O. The van der Waals surface area contributed by atoms with Crippen molar-refractivity contribution < 1.29 is 14.6 Å². The van der Waals surface area contributed by atoms with Crippen LogP contribution in [0.3, 0.4) is 0 Å². The van der Waals surface area contributed by atoms with Crippen molar-refractivity contribution in [3.63, 3.8) is 0 Å². The van der Waals surface area contributed by atoms with Crippen molar-refractivity contribution in [3.05, 3.63) is 53.6 Å². The molecule has 0 fully saturated rings. The van der Waals surface area contributed by atoms with Gasteiger partial charge in [-0.1, -0.05) is 24.3 Å². The maximum Gasteiger partial charge on any atom is 0.268 e. The van der Waals surface area contributed by atoms with Gasteiger partial charge < -0.3 is 14.7 Å². The third-order valence-corrected chi connectivity index (χ3v) is 3.85. The van der Waals surface area contributed by atoms with E-state index in [9.17, 15) is 9.90 Å². The summed E-state index contributed by atoms with van der Waals surface area (Å²) in [5.74, 6) is 0.638. The summed E-state index contributed by atoms with van der Waals surface area (Å²) in [5, 5.41) is 9.54. The maximum absolute atomic E-state index is 12.4. The number of benzene rings is 2. The highest BCUT2D eigenvalue weighted by atomic mass is 16.5. The number of fused-ring (bicyclic) bond motifs is 1. The Kier molecular flexibility index (Phi) is 3.29. The van der Waals surface area contributed by atoms with Gasteiger partial charge in [-0.2, -0.15) is 0 Å². The van der Waals surface area contributed by atoms with Crippen molar-refractivity contribution in [1.29, 1.82) is 0 Å². The second kappa shape index (κ2) is 5.13. The van der Waals surface area contributed by atoms with Crippen molar-refractivity contribution in [2.45, 2.75) is 19.4 Å². The molecule has 0 saturated heterocycles. The third kappa shape index (κ3) is 2.44. The molecule has 108 valence electrons. The van der Waals surface area contributed by atoms with Gasteiger partial charge in [0.25, 0.3) is 5.91 Å². The number of aromatic hydroxyl groups is 1. The number of hydrogen-bond donors (Lipinski definition) is 1. The van der Waals surface area contributed by atoms with Crippen molar-refractivity contribution in [3.8, 4) is 11.5 Å². The lowest BCUT2D eigenvalue weighted by molar-refractivity contribution is -0.125. The van der Waals surface area contributed by atoms with E-state index in [4.69, 9.17) is 4.74 Å². The second-order valence-electron chi connectivity index (χ2n) is 5.29. The average Bonchev–Trinajstić information content (AvgIpc) is 2.47. The normalized spacial score (nSPS) is 17.3. The first kappa shape index (κ1) is 13.5. The third-order valence-electron chi connectivity index (χ3n) is 3.85. The first-order valence-electron chi connectivity index (χ1n) is 6.88. The molecule has 4 nitrogen and oxygen atoms in total. The van der Waals surface area contributed by atoms with Crippen LogP contribution < -0.4 is 9.64 Å². The summed E-state index contributed by atoms with van der Waals surface area (Å²) in [6.07, 6.45) is 0.00373. The Labute approximate surface area is 123 Å². The Morgan fingerprint density at radius 1 is 1.24 bits per heavy atom. The number of aryl methyl sites for hydroxylation is 1. The molecule has 0 radical (unpaired) electrons. The minimum absolute atomic E-state index is 0.101. The number of phenols is 1. The number of carbonyl (C=O) groups is 1. The summed E-state index contributed by atoms with van der Waals surface area (Å²) < 4.78 is 5.83.